The summed E-state index contributed by atoms with van der Waals surface area (Å²) in [4.78, 5) is 13.1. The molecule has 5 aromatic rings. The summed E-state index contributed by atoms with van der Waals surface area (Å²) < 4.78 is 30.2. The number of ether oxygens (including phenoxy) is 5. The van der Waals surface area contributed by atoms with E-state index in [1.54, 1.807) is 18.2 Å². The molecule has 0 radical (unpaired) electrons. The maximum atomic E-state index is 13.1. The number of aliphatic carboxylic acids is 1. The Morgan fingerprint density at radius 1 is 0.692 bits per heavy atom. The molecule has 0 fully saturated rings. The van der Waals surface area contributed by atoms with E-state index in [9.17, 15) is 25.2 Å². The third kappa shape index (κ3) is 7.78. The molecule has 10 nitrogen and oxygen atoms in total. The molecule has 1 aliphatic carbocycles. The van der Waals surface area contributed by atoms with Crippen LogP contribution in [-0.2, 0) is 31.0 Å². The van der Waals surface area contributed by atoms with Crippen molar-refractivity contribution in [3.8, 4) is 28.7 Å². The van der Waals surface area contributed by atoms with Crippen molar-refractivity contribution < 1.29 is 78.5 Å². The van der Waals surface area contributed by atoms with Crippen LogP contribution in [0.5, 0.6) is 28.7 Å². The minimum atomic E-state index is -3.03. The first-order valence-corrected chi connectivity index (χ1v) is 16.4. The molecule has 0 saturated heterocycles. The van der Waals surface area contributed by atoms with E-state index >= 15 is 0 Å². The molecule has 0 spiro atoms. The monoisotopic (exact) mass is 714 g/mol. The van der Waals surface area contributed by atoms with Crippen LogP contribution in [0.4, 0.5) is 0 Å². The molecule has 0 aliphatic heterocycles. The second-order valence-corrected chi connectivity index (χ2v) is 12.4. The summed E-state index contributed by atoms with van der Waals surface area (Å²) in [6.07, 6.45) is -0.429. The maximum Gasteiger partial charge on any atom is 1.00 e. The molecular formula is C41H39NaO10. The fraction of sp³-hybridized carbons (Fsp3) is 0.244. The molecule has 0 unspecified atom stereocenters. The molecule has 5 aromatic carbocycles. The number of hydrogen-bond acceptors (Lipinski definition) is 10. The number of benzene rings is 5. The molecule has 3 N–H and O–H groups in total. The number of hydrogen-bond donors (Lipinski definition) is 3. The first kappa shape index (κ1) is 38.7. The Bertz CT molecular complexity index is 1960. The van der Waals surface area contributed by atoms with Crippen molar-refractivity contribution in [2.45, 2.75) is 43.4 Å². The third-order valence-corrected chi connectivity index (χ3v) is 9.22. The van der Waals surface area contributed by atoms with Crippen LogP contribution in [0.1, 0.15) is 39.3 Å². The SMILES string of the molecule is COc1cc2c(cc1OCc1ccccc1)[C@H](c1cc(OC)c(OCc3ccccc3)c(OCc3ccccc3)c1)[C@@](O)(C(=O)[O-])[C@](O)(CO)C2.[Na+]. The van der Waals surface area contributed by atoms with Gasteiger partial charge in [-0.25, -0.2) is 0 Å². The van der Waals surface area contributed by atoms with Gasteiger partial charge in [0.2, 0.25) is 5.75 Å². The van der Waals surface area contributed by atoms with Crippen molar-refractivity contribution in [2.75, 3.05) is 20.8 Å². The second kappa shape index (κ2) is 16.9. The number of fused-ring (bicyclic) bond motifs is 1. The fourth-order valence-corrected chi connectivity index (χ4v) is 6.53. The average molecular weight is 715 g/mol. The van der Waals surface area contributed by atoms with Gasteiger partial charge in [-0.3, -0.25) is 0 Å². The Balaban J connectivity index is 0.00000523. The summed E-state index contributed by atoms with van der Waals surface area (Å²) in [6.45, 7) is -0.629. The van der Waals surface area contributed by atoms with Gasteiger partial charge in [0, 0.05) is 12.3 Å². The van der Waals surface area contributed by atoms with E-state index in [0.29, 0.717) is 16.9 Å². The van der Waals surface area contributed by atoms with E-state index in [1.807, 2.05) is 91.0 Å². The minimum absolute atomic E-state index is 0. The van der Waals surface area contributed by atoms with Crippen LogP contribution in [0.3, 0.4) is 0 Å². The quantitative estimate of drug-likeness (QED) is 0.144. The van der Waals surface area contributed by atoms with Crippen LogP contribution >= 0.6 is 0 Å². The van der Waals surface area contributed by atoms with Crippen LogP contribution in [-0.4, -0.2) is 53.3 Å². The van der Waals surface area contributed by atoms with Crippen molar-refractivity contribution >= 4 is 5.97 Å². The Kier molecular flexibility index (Phi) is 12.5. The molecule has 0 aromatic heterocycles. The summed E-state index contributed by atoms with van der Waals surface area (Å²) in [5, 5.41) is 47.5. The van der Waals surface area contributed by atoms with Crippen LogP contribution < -0.4 is 58.3 Å². The zero-order valence-electron chi connectivity index (χ0n) is 29.3. The number of aliphatic hydroxyl groups excluding tert-OH is 1. The summed E-state index contributed by atoms with van der Waals surface area (Å²) in [7, 11) is 2.89. The number of rotatable bonds is 14. The van der Waals surface area contributed by atoms with Gasteiger partial charge in [0.15, 0.2) is 23.0 Å². The Morgan fingerprint density at radius 3 is 1.65 bits per heavy atom. The third-order valence-electron chi connectivity index (χ3n) is 9.22. The van der Waals surface area contributed by atoms with E-state index in [-0.39, 0.29) is 77.9 Å². The number of carboxylic acid groups (broad SMARTS) is 1. The number of aliphatic hydroxyl groups is 3. The van der Waals surface area contributed by atoms with Gasteiger partial charge in [-0.15, -0.1) is 0 Å². The topological polar surface area (TPSA) is 147 Å². The van der Waals surface area contributed by atoms with Gasteiger partial charge < -0.3 is 48.9 Å². The Hall–Kier alpha value is -4.55. The van der Waals surface area contributed by atoms with Crippen LogP contribution in [0.2, 0.25) is 0 Å². The molecule has 52 heavy (non-hydrogen) atoms. The first-order valence-electron chi connectivity index (χ1n) is 16.4. The molecule has 6 rings (SSSR count). The molecule has 0 bridgehead atoms. The van der Waals surface area contributed by atoms with Crippen LogP contribution in [0, 0.1) is 0 Å². The standard InChI is InChI=1S/C41H40O10.Na/c1-47-33-20-31-22-40(45,26-42)41(46,39(43)44)37(32(31)21-34(33)49-23-27-12-6-3-7-13-27)30-18-35(48-2)38(51-25-29-16-10-5-11-17-29)36(19-30)50-24-28-14-8-4-9-15-28;/h3-21,37,42,45-46H,22-26H2,1-2H3,(H,43,44);/q;+1/p-1/t37-,40+,41+;/m0./s1. The number of methoxy groups -OCH3 is 2. The van der Waals surface area contributed by atoms with E-state index in [1.165, 1.54) is 20.3 Å². The first-order chi connectivity index (χ1) is 24.7. The number of carbonyl (C=O) groups excluding carboxylic acids is 1. The van der Waals surface area contributed by atoms with Gasteiger partial charge in [-0.05, 0) is 57.6 Å². The van der Waals surface area contributed by atoms with Crippen molar-refractivity contribution in [1.29, 1.82) is 0 Å². The number of carboxylic acids is 1. The molecular weight excluding hydrogens is 675 g/mol. The summed E-state index contributed by atoms with van der Waals surface area (Å²) in [5.74, 6) is -2.29. The normalized spacial score (nSPS) is 19.1. The van der Waals surface area contributed by atoms with Crippen molar-refractivity contribution in [1.82, 2.24) is 0 Å². The molecule has 11 heteroatoms. The van der Waals surface area contributed by atoms with E-state index in [2.05, 4.69) is 0 Å². The van der Waals surface area contributed by atoms with Gasteiger partial charge in [0.25, 0.3) is 0 Å². The van der Waals surface area contributed by atoms with Gasteiger partial charge >= 0.3 is 29.6 Å². The number of carbonyl (C=O) groups is 1. The average Bonchev–Trinajstić information content (AvgIpc) is 3.16. The molecule has 0 heterocycles. The smallest absolute Gasteiger partial charge is 0.547 e. The summed E-state index contributed by atoms with van der Waals surface area (Å²) in [6, 6.07) is 34.6. The van der Waals surface area contributed by atoms with Crippen molar-refractivity contribution in [3.63, 3.8) is 0 Å². The van der Waals surface area contributed by atoms with Crippen LogP contribution in [0.25, 0.3) is 0 Å². The van der Waals surface area contributed by atoms with Crippen molar-refractivity contribution in [3.05, 3.63) is 149 Å². The van der Waals surface area contributed by atoms with Crippen LogP contribution in [0.15, 0.2) is 115 Å². The predicted octanol–water partition coefficient (Wildman–Crippen LogP) is 1.34. The molecule has 0 amide bonds. The van der Waals surface area contributed by atoms with E-state index in [4.69, 9.17) is 23.7 Å². The second-order valence-electron chi connectivity index (χ2n) is 12.4. The van der Waals surface area contributed by atoms with E-state index in [0.717, 1.165) is 16.7 Å². The molecule has 1 aliphatic rings. The minimum Gasteiger partial charge on any atom is -0.547 e. The maximum absolute atomic E-state index is 13.1. The fourth-order valence-electron chi connectivity index (χ4n) is 6.53. The zero-order valence-corrected chi connectivity index (χ0v) is 31.3. The predicted molar refractivity (Wildman–Crippen MR) is 186 cm³/mol. The Labute approximate surface area is 324 Å². The van der Waals surface area contributed by atoms with Gasteiger partial charge in [-0.2, -0.15) is 0 Å². The van der Waals surface area contributed by atoms with Gasteiger partial charge in [0.1, 0.15) is 31.0 Å². The zero-order chi connectivity index (χ0) is 36.0. The largest absolute Gasteiger partial charge is 1.00 e. The van der Waals surface area contributed by atoms with Crippen molar-refractivity contribution in [2.24, 2.45) is 0 Å². The molecule has 3 atom stereocenters. The summed E-state index contributed by atoms with van der Waals surface area (Å²) in [5.41, 5.74) is -2.08. The molecule has 264 valence electrons. The molecule has 0 saturated carbocycles. The summed E-state index contributed by atoms with van der Waals surface area (Å²) >= 11 is 0. The Morgan fingerprint density at radius 2 is 1.17 bits per heavy atom. The van der Waals surface area contributed by atoms with E-state index < -0.39 is 36.1 Å². The van der Waals surface area contributed by atoms with Gasteiger partial charge in [-0.1, -0.05) is 91.0 Å². The van der Waals surface area contributed by atoms with Gasteiger partial charge in [0.05, 0.1) is 26.8 Å².